The molecule has 5 rings (SSSR count). The molecule has 0 aliphatic heterocycles. The van der Waals surface area contributed by atoms with Crippen LogP contribution in [0.1, 0.15) is 24.1 Å². The van der Waals surface area contributed by atoms with Gasteiger partial charge in [-0.2, -0.15) is 18.4 Å². The van der Waals surface area contributed by atoms with Gasteiger partial charge in [0.15, 0.2) is 0 Å². The van der Waals surface area contributed by atoms with E-state index in [9.17, 15) is 27.5 Å². The molecule has 1 amide bonds. The van der Waals surface area contributed by atoms with Crippen LogP contribution in [0.2, 0.25) is 5.02 Å². The van der Waals surface area contributed by atoms with Gasteiger partial charge in [-0.3, -0.25) is 9.78 Å². The topological polar surface area (TPSA) is 117 Å². The van der Waals surface area contributed by atoms with E-state index in [2.05, 4.69) is 30.9 Å². The number of halogens is 5. The molecule has 4 aromatic rings. The summed E-state index contributed by atoms with van der Waals surface area (Å²) >= 11 is 5.96. The Kier molecular flexibility index (Phi) is 5.62. The van der Waals surface area contributed by atoms with Crippen molar-refractivity contribution in [2.45, 2.75) is 24.4 Å². The zero-order valence-electron chi connectivity index (χ0n) is 18.1. The summed E-state index contributed by atoms with van der Waals surface area (Å²) in [5.41, 5.74) is -0.923. The van der Waals surface area contributed by atoms with Crippen LogP contribution in [-0.2, 0) is 16.4 Å². The molecule has 3 N–H and O–H groups in total. The van der Waals surface area contributed by atoms with Crippen LogP contribution in [0.15, 0.2) is 48.7 Å². The highest BCUT2D eigenvalue weighted by Crippen LogP contribution is 2.50. The molecule has 1 aliphatic carbocycles. The minimum atomic E-state index is -4.62. The fourth-order valence-electron chi connectivity index (χ4n) is 3.95. The Morgan fingerprint density at radius 2 is 1.89 bits per heavy atom. The van der Waals surface area contributed by atoms with Gasteiger partial charge in [0.05, 0.1) is 11.1 Å². The van der Waals surface area contributed by atoms with Gasteiger partial charge in [-0.05, 0) is 65.6 Å². The van der Waals surface area contributed by atoms with Crippen LogP contribution in [0.5, 0.6) is 5.75 Å². The largest absolute Gasteiger partial charge is 0.506 e. The molecular formula is C23H15ClF4N6O2. The van der Waals surface area contributed by atoms with E-state index in [1.54, 1.807) is 0 Å². The van der Waals surface area contributed by atoms with E-state index in [0.29, 0.717) is 18.4 Å². The number of phenols is 1. The monoisotopic (exact) mass is 518 g/mol. The van der Waals surface area contributed by atoms with E-state index in [4.69, 9.17) is 11.6 Å². The first-order chi connectivity index (χ1) is 17.1. The number of H-pyrrole nitrogens is 1. The molecule has 36 heavy (non-hydrogen) atoms. The van der Waals surface area contributed by atoms with Gasteiger partial charge in [0.25, 0.3) is 0 Å². The molecule has 2 aromatic heterocycles. The number of phenolic OH excluding ortho intramolecular Hbond substituents is 1. The number of benzene rings is 2. The van der Waals surface area contributed by atoms with Gasteiger partial charge in [0.2, 0.25) is 11.7 Å². The van der Waals surface area contributed by atoms with Crippen molar-refractivity contribution >= 4 is 23.2 Å². The Hall–Kier alpha value is -4.06. The van der Waals surface area contributed by atoms with Crippen molar-refractivity contribution in [3.8, 4) is 28.3 Å². The fraction of sp³-hybridized carbons (Fsp3) is 0.174. The molecule has 2 heterocycles. The summed E-state index contributed by atoms with van der Waals surface area (Å²) in [4.78, 5) is 16.7. The third-order valence-electron chi connectivity index (χ3n) is 5.94. The number of hydrogen-bond acceptors (Lipinski definition) is 6. The number of nitrogens with one attached hydrogen (secondary N) is 2. The molecule has 1 fully saturated rings. The number of nitrogens with zero attached hydrogens (tertiary/aromatic N) is 4. The first-order valence-electron chi connectivity index (χ1n) is 10.5. The van der Waals surface area contributed by atoms with Crippen molar-refractivity contribution in [2.24, 2.45) is 0 Å². The lowest BCUT2D eigenvalue weighted by Crippen LogP contribution is -2.28. The third-order valence-corrected chi connectivity index (χ3v) is 6.15. The maximum atomic E-state index is 13.9. The van der Waals surface area contributed by atoms with Gasteiger partial charge >= 0.3 is 6.18 Å². The molecule has 0 bridgehead atoms. The Balaban J connectivity index is 1.52. The Morgan fingerprint density at radius 3 is 2.47 bits per heavy atom. The number of aromatic amines is 1. The molecule has 1 saturated carbocycles. The number of tetrazole rings is 1. The van der Waals surface area contributed by atoms with Crippen LogP contribution in [0.4, 0.5) is 23.2 Å². The van der Waals surface area contributed by atoms with Gasteiger partial charge in [0.1, 0.15) is 17.3 Å². The van der Waals surface area contributed by atoms with Crippen molar-refractivity contribution in [3.63, 3.8) is 0 Å². The van der Waals surface area contributed by atoms with Crippen molar-refractivity contribution in [3.05, 3.63) is 70.8 Å². The van der Waals surface area contributed by atoms with Crippen LogP contribution in [0.25, 0.3) is 22.5 Å². The van der Waals surface area contributed by atoms with Crippen LogP contribution in [0.3, 0.4) is 0 Å². The van der Waals surface area contributed by atoms with Crippen LogP contribution in [-0.4, -0.2) is 36.6 Å². The van der Waals surface area contributed by atoms with Crippen molar-refractivity contribution < 1.29 is 27.5 Å². The van der Waals surface area contributed by atoms with E-state index in [-0.39, 0.29) is 39.0 Å². The van der Waals surface area contributed by atoms with Crippen LogP contribution >= 0.6 is 11.6 Å². The summed E-state index contributed by atoms with van der Waals surface area (Å²) < 4.78 is 52.7. The molecule has 0 radical (unpaired) electrons. The number of carbonyl (C=O) groups is 1. The number of carbonyl (C=O) groups excluding carboxylic acids is 1. The van der Waals surface area contributed by atoms with E-state index in [1.165, 1.54) is 30.3 Å². The molecule has 8 nitrogen and oxygen atoms in total. The Bertz CT molecular complexity index is 1430. The molecule has 184 valence electrons. The lowest BCUT2D eigenvalue weighted by atomic mass is 9.94. The number of aromatic hydroxyl groups is 1. The van der Waals surface area contributed by atoms with E-state index in [1.807, 2.05) is 0 Å². The predicted octanol–water partition coefficient (Wildman–Crippen LogP) is 5.12. The maximum absolute atomic E-state index is 13.9. The lowest BCUT2D eigenvalue weighted by molar-refractivity contribution is -0.141. The average molecular weight is 519 g/mol. The highest BCUT2D eigenvalue weighted by Gasteiger charge is 2.51. The van der Waals surface area contributed by atoms with Crippen LogP contribution in [0, 0.1) is 5.82 Å². The molecule has 1 aliphatic rings. The number of amides is 1. The second-order valence-electron chi connectivity index (χ2n) is 8.27. The van der Waals surface area contributed by atoms with Gasteiger partial charge in [-0.15, -0.1) is 10.2 Å². The number of aromatic nitrogens is 5. The summed E-state index contributed by atoms with van der Waals surface area (Å²) in [6, 6.07) is 8.52. The predicted molar refractivity (Wildman–Crippen MR) is 120 cm³/mol. The molecule has 0 spiro atoms. The highest BCUT2D eigenvalue weighted by atomic mass is 35.5. The molecule has 0 unspecified atom stereocenters. The zero-order chi connectivity index (χ0) is 25.7. The third kappa shape index (κ3) is 4.35. The standard InChI is InChI=1S/C23H15ClF4N6O2/c24-13-5-12(6-14(25)7-13)22(3-4-22)21(36)30-17-8-16(20-31-33-34-32-20)15(9-18(17)35)11-1-2-19(29-10-11)23(26,27)28/h1-2,5-10,35H,3-4H2,(H,30,36)(H,31,32,33,34). The zero-order valence-corrected chi connectivity index (χ0v) is 18.8. The SMILES string of the molecule is O=C(Nc1cc(-c2nn[nH]n2)c(-c2ccc(C(F)(F)F)nc2)cc1O)C1(c2cc(F)cc(Cl)c2)CC1. The van der Waals surface area contributed by atoms with E-state index >= 15 is 0 Å². The summed E-state index contributed by atoms with van der Waals surface area (Å²) in [5, 5.41) is 27.1. The van der Waals surface area contributed by atoms with Gasteiger partial charge in [-0.1, -0.05) is 17.7 Å². The molecule has 0 saturated heterocycles. The first-order valence-corrected chi connectivity index (χ1v) is 10.9. The molecule has 13 heteroatoms. The average Bonchev–Trinajstić information content (AvgIpc) is 3.46. The minimum absolute atomic E-state index is 0.00260. The van der Waals surface area contributed by atoms with E-state index < -0.39 is 29.0 Å². The van der Waals surface area contributed by atoms with Crippen LogP contribution < -0.4 is 5.32 Å². The Labute approximate surface area is 205 Å². The van der Waals surface area contributed by atoms with Crippen molar-refractivity contribution in [2.75, 3.05) is 5.32 Å². The van der Waals surface area contributed by atoms with Gasteiger partial charge in [0, 0.05) is 22.3 Å². The number of anilines is 1. The molecular weight excluding hydrogens is 504 g/mol. The van der Waals surface area contributed by atoms with Crippen molar-refractivity contribution in [1.29, 1.82) is 0 Å². The minimum Gasteiger partial charge on any atom is -0.506 e. The maximum Gasteiger partial charge on any atom is 0.433 e. The van der Waals surface area contributed by atoms with Gasteiger partial charge in [-0.25, -0.2) is 4.39 Å². The quantitative estimate of drug-likeness (QED) is 0.249. The summed E-state index contributed by atoms with van der Waals surface area (Å²) in [6.07, 6.45) is -2.71. The first kappa shape index (κ1) is 23.7. The van der Waals surface area contributed by atoms with E-state index in [0.717, 1.165) is 18.3 Å². The smallest absolute Gasteiger partial charge is 0.433 e. The molecule has 2 aromatic carbocycles. The number of pyridine rings is 1. The second kappa shape index (κ2) is 8.55. The highest BCUT2D eigenvalue weighted by molar-refractivity contribution is 6.30. The fourth-order valence-corrected chi connectivity index (χ4v) is 4.17. The summed E-state index contributed by atoms with van der Waals surface area (Å²) in [7, 11) is 0. The lowest BCUT2D eigenvalue weighted by Gasteiger charge is -2.18. The number of hydrogen-bond donors (Lipinski definition) is 3. The molecule has 0 atom stereocenters. The number of rotatable bonds is 5. The normalized spacial score (nSPS) is 14.5. The van der Waals surface area contributed by atoms with Crippen molar-refractivity contribution in [1.82, 2.24) is 25.6 Å². The summed E-state index contributed by atoms with van der Waals surface area (Å²) in [6.45, 7) is 0. The summed E-state index contributed by atoms with van der Waals surface area (Å²) in [5.74, 6) is -1.35. The second-order valence-corrected chi connectivity index (χ2v) is 8.71. The van der Waals surface area contributed by atoms with Gasteiger partial charge < -0.3 is 10.4 Å². The Morgan fingerprint density at radius 1 is 1.11 bits per heavy atom. The number of alkyl halides is 3.